The van der Waals surface area contributed by atoms with Crippen LogP contribution in [0.1, 0.15) is 0 Å². The summed E-state index contributed by atoms with van der Waals surface area (Å²) in [4.78, 5) is 0. The zero-order valence-corrected chi connectivity index (χ0v) is 13.6. The van der Waals surface area contributed by atoms with Crippen molar-refractivity contribution in [3.8, 4) is 0 Å². The van der Waals surface area contributed by atoms with Gasteiger partial charge in [-0.2, -0.15) is 0 Å². The molecular weight excluding hydrogens is 406 g/mol. The second-order valence-corrected chi connectivity index (χ2v) is 7.41. The minimum atomic E-state index is -6.00. The van der Waals surface area contributed by atoms with Crippen molar-refractivity contribution in [3.63, 3.8) is 0 Å². The van der Waals surface area contributed by atoms with Crippen molar-refractivity contribution in [2.24, 2.45) is 0 Å². The summed E-state index contributed by atoms with van der Waals surface area (Å²) >= 11 is -0.0462. The van der Waals surface area contributed by atoms with Crippen LogP contribution in [0.15, 0.2) is 72.8 Å². The zero-order valence-electron chi connectivity index (χ0n) is 11.4. The molecule has 0 heterocycles. The standard InChI is InChI=1S/C16H12I.BF4/c1-2-8-15(9-3-1)17-16-11-10-13-6-4-5-7-14(13)12-16;2-1(3,4)5/h1-12H;/q+1;-1. The minimum absolute atomic E-state index is 0.0462. The van der Waals surface area contributed by atoms with E-state index >= 15 is 0 Å². The zero-order chi connectivity index (χ0) is 16.0. The maximum atomic E-state index is 9.75. The van der Waals surface area contributed by atoms with Gasteiger partial charge in [-0.1, -0.05) is 42.5 Å². The molecule has 0 aliphatic carbocycles. The molecule has 114 valence electrons. The van der Waals surface area contributed by atoms with Crippen LogP contribution in [0.4, 0.5) is 17.3 Å². The van der Waals surface area contributed by atoms with Gasteiger partial charge in [0, 0.05) is 0 Å². The second kappa shape index (κ2) is 7.62. The van der Waals surface area contributed by atoms with Crippen molar-refractivity contribution < 1.29 is 38.5 Å². The topological polar surface area (TPSA) is 0 Å². The van der Waals surface area contributed by atoms with E-state index in [0.717, 1.165) is 0 Å². The Labute approximate surface area is 136 Å². The molecule has 0 saturated carbocycles. The molecule has 3 aromatic carbocycles. The summed E-state index contributed by atoms with van der Waals surface area (Å²) in [5.74, 6) is 0. The lowest BCUT2D eigenvalue weighted by Crippen LogP contribution is -3.61. The molecule has 3 rings (SSSR count). The number of rotatable bonds is 2. The molecule has 0 bridgehead atoms. The third kappa shape index (κ3) is 6.05. The second-order valence-electron chi connectivity index (χ2n) is 4.38. The predicted molar refractivity (Wildman–Crippen MR) is 78.0 cm³/mol. The van der Waals surface area contributed by atoms with Gasteiger partial charge in [0.2, 0.25) is 0 Å². The lowest BCUT2D eigenvalue weighted by Gasteiger charge is -1.94. The van der Waals surface area contributed by atoms with Gasteiger partial charge in [-0.15, -0.1) is 0 Å². The molecule has 6 heteroatoms. The largest absolute Gasteiger partial charge is 0.673 e. The quantitative estimate of drug-likeness (QED) is 0.341. The fourth-order valence-electron chi connectivity index (χ4n) is 1.82. The molecule has 0 nitrogen and oxygen atoms in total. The Morgan fingerprint density at radius 2 is 1.14 bits per heavy atom. The molecule has 0 fully saturated rings. The van der Waals surface area contributed by atoms with Gasteiger partial charge in [0.15, 0.2) is 7.14 Å². The van der Waals surface area contributed by atoms with E-state index in [1.807, 2.05) is 0 Å². The molecule has 0 saturated heterocycles. The fourth-order valence-corrected chi connectivity index (χ4v) is 4.17. The normalized spacial score (nSPS) is 10.9. The van der Waals surface area contributed by atoms with Gasteiger partial charge in [0.25, 0.3) is 0 Å². The van der Waals surface area contributed by atoms with Gasteiger partial charge in [0.05, 0.1) is 0 Å². The SMILES string of the molecule is F[B-](F)(F)F.c1ccc([I+]c2ccc3ccccc3c2)cc1. The first-order valence-corrected chi connectivity index (χ1v) is 8.63. The van der Waals surface area contributed by atoms with E-state index in [1.165, 1.54) is 17.9 Å². The third-order valence-corrected chi connectivity index (χ3v) is 5.30. The highest BCUT2D eigenvalue weighted by atomic mass is 127. The molecule has 22 heavy (non-hydrogen) atoms. The molecule has 3 aromatic rings. The Bertz CT molecular complexity index is 723. The van der Waals surface area contributed by atoms with Crippen LogP contribution >= 0.6 is 0 Å². The van der Waals surface area contributed by atoms with Gasteiger partial charge in [0.1, 0.15) is 0 Å². The van der Waals surface area contributed by atoms with Gasteiger partial charge in [-0.25, -0.2) is 0 Å². The summed E-state index contributed by atoms with van der Waals surface area (Å²) in [6, 6.07) is 26.1. The van der Waals surface area contributed by atoms with E-state index in [1.54, 1.807) is 0 Å². The number of fused-ring (bicyclic) bond motifs is 1. The van der Waals surface area contributed by atoms with Crippen molar-refractivity contribution in [2.75, 3.05) is 0 Å². The molecule has 0 N–H and O–H groups in total. The number of benzene rings is 3. The van der Waals surface area contributed by atoms with E-state index in [2.05, 4.69) is 72.8 Å². The number of hydrogen-bond donors (Lipinski definition) is 0. The molecule has 0 aliphatic rings. The summed E-state index contributed by atoms with van der Waals surface area (Å²) in [6.07, 6.45) is 0. The maximum absolute atomic E-state index is 9.75. The Morgan fingerprint density at radius 3 is 1.77 bits per heavy atom. The van der Waals surface area contributed by atoms with Crippen LogP contribution in [0.25, 0.3) is 10.8 Å². The van der Waals surface area contributed by atoms with Crippen LogP contribution < -0.4 is 21.2 Å². The Balaban J connectivity index is 0.000000309. The van der Waals surface area contributed by atoms with Crippen LogP contribution in [-0.4, -0.2) is 7.25 Å². The van der Waals surface area contributed by atoms with E-state index in [0.29, 0.717) is 0 Å². The minimum Gasteiger partial charge on any atom is -0.418 e. The summed E-state index contributed by atoms with van der Waals surface area (Å²) in [5, 5.41) is 2.67. The summed E-state index contributed by atoms with van der Waals surface area (Å²) in [5.41, 5.74) is 0. The van der Waals surface area contributed by atoms with E-state index in [-0.39, 0.29) is 21.2 Å². The van der Waals surface area contributed by atoms with Crippen molar-refractivity contribution in [2.45, 2.75) is 0 Å². The lowest BCUT2D eigenvalue weighted by molar-refractivity contribution is -0.597. The van der Waals surface area contributed by atoms with Crippen molar-refractivity contribution in [1.29, 1.82) is 0 Å². The predicted octanol–water partition coefficient (Wildman–Crippen LogP) is 2.27. The van der Waals surface area contributed by atoms with Crippen LogP contribution in [0.5, 0.6) is 0 Å². The number of halogens is 5. The first-order chi connectivity index (χ1) is 10.4. The van der Waals surface area contributed by atoms with Crippen LogP contribution in [0.3, 0.4) is 0 Å². The Morgan fingerprint density at radius 1 is 0.591 bits per heavy atom. The van der Waals surface area contributed by atoms with Crippen molar-refractivity contribution >= 4 is 18.0 Å². The summed E-state index contributed by atoms with van der Waals surface area (Å²) < 4.78 is 42.0. The van der Waals surface area contributed by atoms with E-state index in [4.69, 9.17) is 0 Å². The first kappa shape index (κ1) is 16.8. The van der Waals surface area contributed by atoms with Crippen molar-refractivity contribution in [1.82, 2.24) is 0 Å². The fraction of sp³-hybridized carbons (Fsp3) is 0. The van der Waals surface area contributed by atoms with Gasteiger partial charge < -0.3 is 17.3 Å². The molecule has 0 aromatic heterocycles. The van der Waals surface area contributed by atoms with Gasteiger partial charge in [-0.3, -0.25) is 0 Å². The van der Waals surface area contributed by atoms with Crippen LogP contribution in [0, 0.1) is 7.14 Å². The molecule has 0 radical (unpaired) electrons. The molecule has 0 amide bonds. The maximum Gasteiger partial charge on any atom is 0.673 e. The van der Waals surface area contributed by atoms with E-state index < -0.39 is 7.25 Å². The molecule has 0 unspecified atom stereocenters. The van der Waals surface area contributed by atoms with Gasteiger partial charge in [-0.05, 0) is 41.1 Å². The average molecular weight is 418 g/mol. The number of hydrogen-bond acceptors (Lipinski definition) is 0. The first-order valence-electron chi connectivity index (χ1n) is 6.48. The Kier molecular flexibility index (Phi) is 5.82. The highest BCUT2D eigenvalue weighted by Crippen LogP contribution is 2.11. The van der Waals surface area contributed by atoms with Crippen molar-refractivity contribution in [3.05, 3.63) is 79.9 Å². The molecular formula is C16H12BF4I. The lowest BCUT2D eigenvalue weighted by atomic mass is 10.1. The molecule has 0 aliphatic heterocycles. The highest BCUT2D eigenvalue weighted by Gasteiger charge is 2.20. The summed E-state index contributed by atoms with van der Waals surface area (Å²) in [6.45, 7) is 0. The Hall–Kier alpha value is -1.57. The summed E-state index contributed by atoms with van der Waals surface area (Å²) in [7, 11) is -6.00. The third-order valence-electron chi connectivity index (χ3n) is 2.66. The average Bonchev–Trinajstić information content (AvgIpc) is 2.46. The smallest absolute Gasteiger partial charge is 0.418 e. The van der Waals surface area contributed by atoms with Gasteiger partial charge >= 0.3 is 28.5 Å². The molecule has 0 spiro atoms. The van der Waals surface area contributed by atoms with E-state index in [9.17, 15) is 17.3 Å². The van der Waals surface area contributed by atoms with Crippen LogP contribution in [-0.2, 0) is 0 Å². The van der Waals surface area contributed by atoms with Crippen LogP contribution in [0.2, 0.25) is 0 Å². The molecule has 0 atom stereocenters. The monoisotopic (exact) mass is 418 g/mol. The highest BCUT2D eigenvalue weighted by molar-refractivity contribution is 6.50.